The summed E-state index contributed by atoms with van der Waals surface area (Å²) in [6.07, 6.45) is 1.63. The van der Waals surface area contributed by atoms with Crippen molar-refractivity contribution in [3.8, 4) is 17.0 Å². The Hall–Kier alpha value is -2.84. The van der Waals surface area contributed by atoms with Crippen LogP contribution >= 0.6 is 23.1 Å². The van der Waals surface area contributed by atoms with Crippen molar-refractivity contribution < 1.29 is 27.8 Å². The van der Waals surface area contributed by atoms with Crippen molar-refractivity contribution in [2.24, 2.45) is 0 Å². The Morgan fingerprint density at radius 2 is 1.90 bits per heavy atom. The van der Waals surface area contributed by atoms with Gasteiger partial charge in [0.1, 0.15) is 13.3 Å². The molecule has 29 heavy (non-hydrogen) atoms. The molecule has 3 aromatic rings. The number of hydrogen-bond acceptors (Lipinski definition) is 4. The fourth-order valence-electron chi connectivity index (χ4n) is 2.53. The van der Waals surface area contributed by atoms with E-state index in [1.165, 1.54) is 12.1 Å². The van der Waals surface area contributed by atoms with E-state index < -0.39 is 24.3 Å². The molecular formula is C20H13ClF3NO3S. The van der Waals surface area contributed by atoms with Crippen LogP contribution in [-0.4, -0.2) is 15.4 Å². The molecule has 0 amide bonds. The normalized spacial score (nSPS) is 11.2. The number of hydrogen-bond donors (Lipinski definition) is 1. The van der Waals surface area contributed by atoms with Gasteiger partial charge in [0.25, 0.3) is 0 Å². The van der Waals surface area contributed by atoms with Crippen molar-refractivity contribution in [3.05, 3.63) is 75.1 Å². The number of rotatable bonds is 7. The summed E-state index contributed by atoms with van der Waals surface area (Å²) in [4.78, 5) is 10.8. The summed E-state index contributed by atoms with van der Waals surface area (Å²) in [5.74, 6) is -4.18. The molecule has 0 spiro atoms. The lowest BCUT2D eigenvalue weighted by molar-refractivity contribution is -0.131. The average Bonchev–Trinajstić information content (AvgIpc) is 3.11. The van der Waals surface area contributed by atoms with E-state index in [1.54, 1.807) is 24.3 Å². The van der Waals surface area contributed by atoms with E-state index in [4.69, 9.17) is 21.4 Å². The van der Waals surface area contributed by atoms with Gasteiger partial charge < -0.3 is 9.84 Å². The summed E-state index contributed by atoms with van der Waals surface area (Å²) >= 11 is 6.84. The van der Waals surface area contributed by atoms with E-state index >= 15 is 0 Å². The van der Waals surface area contributed by atoms with Gasteiger partial charge in [0, 0.05) is 27.8 Å². The van der Waals surface area contributed by atoms with Gasteiger partial charge in [-0.25, -0.2) is 13.6 Å². The van der Waals surface area contributed by atoms with E-state index in [9.17, 15) is 18.0 Å². The van der Waals surface area contributed by atoms with E-state index in [2.05, 4.69) is 4.37 Å². The maximum Gasteiger partial charge on any atom is 0.328 e. The lowest BCUT2D eigenvalue weighted by Crippen LogP contribution is -2.02. The molecule has 0 saturated heterocycles. The summed E-state index contributed by atoms with van der Waals surface area (Å²) < 4.78 is 51.4. The molecule has 0 bridgehead atoms. The molecule has 0 unspecified atom stereocenters. The number of halogens is 4. The third kappa shape index (κ3) is 4.78. The maximum absolute atomic E-state index is 14.3. The summed E-state index contributed by atoms with van der Waals surface area (Å²) in [6, 6.07) is 9.12. The third-order valence-electron chi connectivity index (χ3n) is 3.96. The Morgan fingerprint density at radius 3 is 2.55 bits per heavy atom. The number of nitrogens with zero attached hydrogens (tertiary/aromatic N) is 1. The highest BCUT2D eigenvalue weighted by Gasteiger charge is 2.18. The first-order chi connectivity index (χ1) is 13.9. The molecule has 1 heterocycles. The summed E-state index contributed by atoms with van der Waals surface area (Å²) in [6.45, 7) is -1.01. The van der Waals surface area contributed by atoms with Crippen LogP contribution in [0.5, 0.6) is 5.75 Å². The van der Waals surface area contributed by atoms with Crippen molar-refractivity contribution in [2.75, 3.05) is 0 Å². The number of carboxylic acids is 1. The molecule has 9 heteroatoms. The third-order valence-corrected chi connectivity index (χ3v) is 5.06. The van der Waals surface area contributed by atoms with Crippen LogP contribution in [0.1, 0.15) is 16.0 Å². The molecule has 0 atom stereocenters. The van der Waals surface area contributed by atoms with Gasteiger partial charge in [0.15, 0.2) is 11.6 Å². The molecule has 1 aromatic heterocycles. The van der Waals surface area contributed by atoms with Crippen LogP contribution in [0.3, 0.4) is 0 Å². The van der Waals surface area contributed by atoms with Crippen LogP contribution in [0.15, 0.2) is 42.5 Å². The van der Waals surface area contributed by atoms with Crippen molar-refractivity contribution in [1.29, 1.82) is 0 Å². The summed E-state index contributed by atoms with van der Waals surface area (Å²) in [5, 5.41) is 9.12. The van der Waals surface area contributed by atoms with Crippen LogP contribution < -0.4 is 4.74 Å². The second-order valence-corrected chi connectivity index (χ2v) is 7.11. The molecule has 4 nitrogen and oxygen atoms in total. The molecule has 0 radical (unpaired) electrons. The number of carboxylic acid groups (broad SMARTS) is 1. The Balaban J connectivity index is 1.86. The van der Waals surface area contributed by atoms with Gasteiger partial charge in [0.2, 0.25) is 5.82 Å². The van der Waals surface area contributed by atoms with Gasteiger partial charge >= 0.3 is 5.97 Å². The maximum atomic E-state index is 14.3. The minimum absolute atomic E-state index is 0.228. The smallest absolute Gasteiger partial charge is 0.328 e. The van der Waals surface area contributed by atoms with Crippen LogP contribution in [0.2, 0.25) is 5.02 Å². The number of aromatic nitrogens is 1. The Labute approximate surface area is 173 Å². The number of aliphatic carboxylic acids is 1. The SMILES string of the molecule is O=C(O)/C=C/c1ccc(OCc2c(-c3ccc(Cl)cc3)nsc2CF)c(F)c1F. The Kier molecular flexibility index (Phi) is 6.56. The minimum Gasteiger partial charge on any atom is -0.486 e. The fourth-order valence-corrected chi connectivity index (χ4v) is 3.39. The number of alkyl halides is 1. The monoisotopic (exact) mass is 439 g/mol. The summed E-state index contributed by atoms with van der Waals surface area (Å²) in [7, 11) is 0. The Morgan fingerprint density at radius 1 is 1.17 bits per heavy atom. The van der Waals surface area contributed by atoms with Gasteiger partial charge in [0.05, 0.1) is 10.6 Å². The topological polar surface area (TPSA) is 59.4 Å². The average molecular weight is 440 g/mol. The largest absolute Gasteiger partial charge is 0.486 e. The first-order valence-corrected chi connectivity index (χ1v) is 9.37. The molecule has 0 fully saturated rings. The lowest BCUT2D eigenvalue weighted by atomic mass is 10.1. The van der Waals surface area contributed by atoms with Crippen molar-refractivity contribution in [2.45, 2.75) is 13.3 Å². The molecular weight excluding hydrogens is 427 g/mol. The zero-order chi connectivity index (χ0) is 21.0. The number of carbonyl (C=O) groups is 1. The minimum atomic E-state index is -1.29. The molecule has 2 aromatic carbocycles. The quantitative estimate of drug-likeness (QED) is 0.466. The van der Waals surface area contributed by atoms with Crippen LogP contribution in [0.25, 0.3) is 17.3 Å². The second-order valence-electron chi connectivity index (χ2n) is 5.81. The predicted octanol–water partition coefficient (Wildman–Crippen LogP) is 5.89. The number of ether oxygens (including phenoxy) is 1. The van der Waals surface area contributed by atoms with E-state index in [1.807, 2.05) is 0 Å². The highest BCUT2D eigenvalue weighted by atomic mass is 35.5. The van der Waals surface area contributed by atoms with Crippen molar-refractivity contribution in [3.63, 3.8) is 0 Å². The van der Waals surface area contributed by atoms with Crippen LogP contribution in [-0.2, 0) is 18.1 Å². The first kappa shape index (κ1) is 20.9. The molecule has 1 N–H and O–H groups in total. The van der Waals surface area contributed by atoms with Crippen molar-refractivity contribution >= 4 is 35.2 Å². The molecule has 0 aliphatic carbocycles. The molecule has 150 valence electrons. The standard InChI is InChI=1S/C20H13ClF3NO3S/c21-13-5-1-12(2-6-13)20-14(16(9-22)29-25-20)10-28-15-7-3-11(4-8-17(26)27)18(23)19(15)24/h1-8H,9-10H2,(H,26,27)/b8-4+. The van der Waals surface area contributed by atoms with Gasteiger partial charge in [-0.2, -0.15) is 8.76 Å². The second kappa shape index (κ2) is 9.11. The highest BCUT2D eigenvalue weighted by molar-refractivity contribution is 7.06. The molecule has 0 aliphatic heterocycles. The zero-order valence-electron chi connectivity index (χ0n) is 14.7. The van der Waals surface area contributed by atoms with E-state index in [-0.39, 0.29) is 17.9 Å². The zero-order valence-corrected chi connectivity index (χ0v) is 16.2. The molecule has 0 saturated carbocycles. The van der Waals surface area contributed by atoms with Crippen molar-refractivity contribution in [1.82, 2.24) is 4.37 Å². The van der Waals surface area contributed by atoms with Gasteiger partial charge in [-0.15, -0.1) is 0 Å². The predicted molar refractivity (Wildman–Crippen MR) is 105 cm³/mol. The lowest BCUT2D eigenvalue weighted by Gasteiger charge is -2.10. The highest BCUT2D eigenvalue weighted by Crippen LogP contribution is 2.32. The Bertz CT molecular complexity index is 1070. The fraction of sp³-hybridized carbons (Fsp3) is 0.100. The van der Waals surface area contributed by atoms with Gasteiger partial charge in [-0.3, -0.25) is 0 Å². The molecule has 3 rings (SSSR count). The molecule has 0 aliphatic rings. The van der Waals surface area contributed by atoms with E-state index in [0.717, 1.165) is 17.6 Å². The van der Waals surface area contributed by atoms with Crippen LogP contribution in [0.4, 0.5) is 13.2 Å². The number of benzene rings is 2. The van der Waals surface area contributed by atoms with Crippen LogP contribution in [0, 0.1) is 11.6 Å². The van der Waals surface area contributed by atoms with Gasteiger partial charge in [-0.05, 0) is 41.9 Å². The van der Waals surface area contributed by atoms with E-state index in [0.29, 0.717) is 32.8 Å². The first-order valence-electron chi connectivity index (χ1n) is 8.21. The summed E-state index contributed by atoms with van der Waals surface area (Å²) in [5.41, 5.74) is 1.35. The van der Waals surface area contributed by atoms with Gasteiger partial charge in [-0.1, -0.05) is 23.7 Å².